The van der Waals surface area contributed by atoms with Gasteiger partial charge in [0.2, 0.25) is 0 Å². The molecule has 0 saturated heterocycles. The molecule has 2 unspecified atom stereocenters. The molecule has 1 aliphatic rings. The Hall–Kier alpha value is -2.49. The summed E-state index contributed by atoms with van der Waals surface area (Å²) in [6.45, 7) is 1.71. The summed E-state index contributed by atoms with van der Waals surface area (Å²) in [5, 5.41) is 13.6. The van der Waals surface area contributed by atoms with Crippen molar-refractivity contribution in [2.24, 2.45) is 11.8 Å². The second-order valence-electron chi connectivity index (χ2n) is 7.90. The van der Waals surface area contributed by atoms with Crippen LogP contribution in [0.15, 0.2) is 51.1 Å². The first kappa shape index (κ1) is 26.1. The highest BCUT2D eigenvalue weighted by Gasteiger charge is 2.31. The monoisotopic (exact) mass is 533 g/mol. The Kier molecular flexibility index (Phi) is 6.87. The van der Waals surface area contributed by atoms with Crippen molar-refractivity contribution in [2.45, 2.75) is 29.6 Å². The highest BCUT2D eigenvalue weighted by atomic mass is 32.2. The van der Waals surface area contributed by atoms with Gasteiger partial charge < -0.3 is 10.4 Å². The maximum atomic E-state index is 12.1. The zero-order valence-electron chi connectivity index (χ0n) is 18.0. The predicted octanol–water partition coefficient (Wildman–Crippen LogP) is 2.61. The molecule has 0 saturated carbocycles. The minimum atomic E-state index is -4.91. The van der Waals surface area contributed by atoms with E-state index in [-0.39, 0.29) is 45.7 Å². The van der Waals surface area contributed by atoms with Gasteiger partial charge in [-0.3, -0.25) is 13.7 Å². The van der Waals surface area contributed by atoms with E-state index >= 15 is 0 Å². The Labute approximate surface area is 197 Å². The zero-order valence-corrected chi connectivity index (χ0v) is 20.4. The molecular formula is C20H23NO10S3. The Bertz CT molecular complexity index is 1540. The fourth-order valence-electron chi connectivity index (χ4n) is 4.15. The van der Waals surface area contributed by atoms with Gasteiger partial charge in [-0.15, -0.1) is 0 Å². The summed E-state index contributed by atoms with van der Waals surface area (Å²) in [4.78, 5) is -1.53. The number of phenols is 1. The van der Waals surface area contributed by atoms with Gasteiger partial charge in [-0.25, -0.2) is 0 Å². The summed E-state index contributed by atoms with van der Waals surface area (Å²) in [6, 6.07) is 2.94. The number of hydrogen-bond acceptors (Lipinski definition) is 8. The molecule has 0 aromatic heterocycles. The number of anilines is 1. The standard InChI is InChI=1S/C20H23NO10S3/c1-11-4-3-5-17(33(26,27)28)14(11)6-7-15-18(34(29,30)31)9-12-8-13(32(23,24)25)10-16(21-2)19(12)20(15)22/h3-5,8-11,14,21-22H,6-7H2,1-2H3,(H,23,24,25)(H,26,27,28)(H,29,30,31). The van der Waals surface area contributed by atoms with Crippen LogP contribution in [-0.2, 0) is 36.8 Å². The molecule has 186 valence electrons. The zero-order chi connectivity index (χ0) is 25.6. The van der Waals surface area contributed by atoms with Gasteiger partial charge in [0.15, 0.2) is 0 Å². The van der Waals surface area contributed by atoms with Gasteiger partial charge in [0, 0.05) is 29.6 Å². The van der Waals surface area contributed by atoms with Gasteiger partial charge in [0.05, 0.1) is 9.80 Å². The lowest BCUT2D eigenvalue weighted by molar-refractivity contribution is 0.424. The molecule has 0 spiro atoms. The number of aromatic hydroxyl groups is 1. The quantitative estimate of drug-likeness (QED) is 0.328. The van der Waals surface area contributed by atoms with Crippen molar-refractivity contribution in [1.29, 1.82) is 0 Å². The summed E-state index contributed by atoms with van der Waals surface area (Å²) in [7, 11) is -12.7. The summed E-state index contributed by atoms with van der Waals surface area (Å²) in [5.74, 6) is -1.66. The van der Waals surface area contributed by atoms with Crippen LogP contribution in [-0.4, -0.2) is 51.1 Å². The SMILES string of the molecule is CNc1cc(S(=O)(=O)O)cc2cc(S(=O)(=O)O)c(CCC3C(S(=O)(=O)O)=CC=CC3C)c(O)c12. The molecule has 2 aromatic carbocycles. The number of allylic oxidation sites excluding steroid dienone is 4. The van der Waals surface area contributed by atoms with E-state index in [4.69, 9.17) is 0 Å². The van der Waals surface area contributed by atoms with E-state index in [0.29, 0.717) is 0 Å². The fraction of sp³-hybridized carbons (Fsp3) is 0.300. The summed E-state index contributed by atoms with van der Waals surface area (Å²) < 4.78 is 99.9. The molecule has 0 fully saturated rings. The molecule has 34 heavy (non-hydrogen) atoms. The molecule has 0 aliphatic heterocycles. The first-order chi connectivity index (χ1) is 15.6. The van der Waals surface area contributed by atoms with Crippen LogP contribution in [0.3, 0.4) is 0 Å². The number of hydrogen-bond donors (Lipinski definition) is 5. The molecule has 1 aliphatic carbocycles. The lowest BCUT2D eigenvalue weighted by Crippen LogP contribution is -2.22. The third-order valence-electron chi connectivity index (χ3n) is 5.77. The van der Waals surface area contributed by atoms with Crippen molar-refractivity contribution < 1.29 is 44.0 Å². The van der Waals surface area contributed by atoms with E-state index < -0.39 is 51.8 Å². The third-order valence-corrected chi connectivity index (χ3v) is 8.56. The number of rotatable bonds is 7. The van der Waals surface area contributed by atoms with Crippen LogP contribution >= 0.6 is 0 Å². The maximum Gasteiger partial charge on any atom is 0.294 e. The molecular weight excluding hydrogens is 510 g/mol. The Morgan fingerprint density at radius 1 is 0.941 bits per heavy atom. The van der Waals surface area contributed by atoms with E-state index in [2.05, 4.69) is 5.32 Å². The average molecular weight is 534 g/mol. The van der Waals surface area contributed by atoms with Crippen LogP contribution in [0.5, 0.6) is 5.75 Å². The summed E-state index contributed by atoms with van der Waals surface area (Å²) >= 11 is 0. The highest BCUT2D eigenvalue weighted by Crippen LogP contribution is 2.42. The third kappa shape index (κ3) is 5.11. The highest BCUT2D eigenvalue weighted by molar-refractivity contribution is 7.89. The average Bonchev–Trinajstić information content (AvgIpc) is 2.70. The van der Waals surface area contributed by atoms with Crippen molar-refractivity contribution in [3.63, 3.8) is 0 Å². The van der Waals surface area contributed by atoms with Gasteiger partial charge in [-0.2, -0.15) is 25.3 Å². The van der Waals surface area contributed by atoms with Gasteiger partial charge in [0.1, 0.15) is 10.6 Å². The molecule has 0 amide bonds. The van der Waals surface area contributed by atoms with Crippen molar-refractivity contribution in [1.82, 2.24) is 0 Å². The predicted molar refractivity (Wildman–Crippen MR) is 125 cm³/mol. The van der Waals surface area contributed by atoms with E-state index in [1.807, 2.05) is 0 Å². The van der Waals surface area contributed by atoms with Crippen molar-refractivity contribution in [3.05, 3.63) is 46.9 Å². The smallest absolute Gasteiger partial charge is 0.294 e. The molecule has 5 N–H and O–H groups in total. The molecule has 0 radical (unpaired) electrons. The molecule has 2 aromatic rings. The molecule has 11 nitrogen and oxygen atoms in total. The number of nitrogens with one attached hydrogen (secondary N) is 1. The normalized spacial score (nSPS) is 19.3. The van der Waals surface area contributed by atoms with Gasteiger partial charge in [-0.1, -0.05) is 19.1 Å². The summed E-state index contributed by atoms with van der Waals surface area (Å²) in [5.41, 5.74) is -0.166. The second kappa shape index (κ2) is 8.94. The van der Waals surface area contributed by atoms with Crippen LogP contribution in [0.1, 0.15) is 18.9 Å². The van der Waals surface area contributed by atoms with Crippen LogP contribution < -0.4 is 5.32 Å². The van der Waals surface area contributed by atoms with Gasteiger partial charge in [0.25, 0.3) is 30.4 Å². The first-order valence-electron chi connectivity index (χ1n) is 9.87. The number of fused-ring (bicyclic) bond motifs is 1. The lowest BCUT2D eigenvalue weighted by Gasteiger charge is -2.26. The largest absolute Gasteiger partial charge is 0.507 e. The molecule has 14 heteroatoms. The van der Waals surface area contributed by atoms with Crippen molar-refractivity contribution in [3.8, 4) is 5.75 Å². The molecule has 0 heterocycles. The van der Waals surface area contributed by atoms with Gasteiger partial charge in [-0.05, 0) is 48.4 Å². The Balaban J connectivity index is 2.22. The Morgan fingerprint density at radius 3 is 2.12 bits per heavy atom. The Morgan fingerprint density at radius 2 is 1.59 bits per heavy atom. The topological polar surface area (TPSA) is 195 Å². The fourth-order valence-corrected chi connectivity index (χ4v) is 6.45. The number of phenolic OH excluding ortho intramolecular Hbond substituents is 1. The molecule has 2 atom stereocenters. The summed E-state index contributed by atoms with van der Waals surface area (Å²) in [6.07, 6.45) is 4.19. The van der Waals surface area contributed by atoms with E-state index in [9.17, 15) is 44.0 Å². The minimum Gasteiger partial charge on any atom is -0.507 e. The van der Waals surface area contributed by atoms with E-state index in [1.54, 1.807) is 13.0 Å². The van der Waals surface area contributed by atoms with Crippen molar-refractivity contribution >= 4 is 46.8 Å². The van der Waals surface area contributed by atoms with Crippen LogP contribution in [0.2, 0.25) is 0 Å². The van der Waals surface area contributed by atoms with E-state index in [1.165, 1.54) is 19.2 Å². The van der Waals surface area contributed by atoms with Crippen molar-refractivity contribution in [2.75, 3.05) is 12.4 Å². The lowest BCUT2D eigenvalue weighted by atomic mass is 9.84. The van der Waals surface area contributed by atoms with Crippen LogP contribution in [0.4, 0.5) is 5.69 Å². The minimum absolute atomic E-state index is 0.0172. The van der Waals surface area contributed by atoms with Crippen LogP contribution in [0, 0.1) is 11.8 Å². The maximum absolute atomic E-state index is 12.1. The van der Waals surface area contributed by atoms with Crippen LogP contribution in [0.25, 0.3) is 10.8 Å². The molecule has 0 bridgehead atoms. The first-order valence-corrected chi connectivity index (χ1v) is 14.2. The second-order valence-corrected chi connectivity index (χ2v) is 12.1. The number of benzene rings is 2. The van der Waals surface area contributed by atoms with Gasteiger partial charge >= 0.3 is 0 Å². The van der Waals surface area contributed by atoms with E-state index in [0.717, 1.165) is 18.2 Å². The molecule has 3 rings (SSSR count).